The number of carbonyl (C=O) groups is 2. The lowest BCUT2D eigenvalue weighted by Crippen LogP contribution is -2.47. The topological polar surface area (TPSA) is 81.1 Å². The van der Waals surface area contributed by atoms with Gasteiger partial charge >= 0.3 is 11.9 Å². The predicted molar refractivity (Wildman–Crippen MR) is 192 cm³/mol. The number of carboxylic acid groups (broad SMARTS) is 2. The van der Waals surface area contributed by atoms with Crippen LogP contribution in [0.2, 0.25) is 0 Å². The molecule has 7 aliphatic rings. The third-order valence-corrected chi connectivity index (χ3v) is 14.5. The van der Waals surface area contributed by atoms with Crippen LogP contribution >= 0.6 is 0 Å². The molecule has 7 atom stereocenters. The number of aliphatic carboxylic acids is 2. The molecule has 7 unspecified atom stereocenters. The summed E-state index contributed by atoms with van der Waals surface area (Å²) in [6.07, 6.45) is 29.4. The van der Waals surface area contributed by atoms with Gasteiger partial charge in [-0.05, 0) is 121 Å². The third-order valence-electron chi connectivity index (χ3n) is 14.5. The highest BCUT2D eigenvalue weighted by Crippen LogP contribution is 2.52. The molecule has 270 valence electrons. The van der Waals surface area contributed by atoms with Gasteiger partial charge in [0.2, 0.25) is 0 Å². The Labute approximate surface area is 288 Å². The Balaban J connectivity index is 0.000000179. The normalized spacial score (nSPS) is 41.7. The molecule has 0 aromatic heterocycles. The molecule has 2 heterocycles. The SMILES string of the molecule is CC.CC1C(C2CCCCC2)C2CCCCC2N1C1CCC(C(=O)O)CC1.CC1CC2CCCCCC2N1C1CCC(C(=O)O)CC1. The Morgan fingerprint density at radius 1 is 0.511 bits per heavy atom. The molecule has 0 aromatic rings. The van der Waals surface area contributed by atoms with Gasteiger partial charge in [-0.2, -0.15) is 0 Å². The summed E-state index contributed by atoms with van der Waals surface area (Å²) >= 11 is 0. The number of nitrogens with zero attached hydrogens (tertiary/aromatic N) is 2. The molecule has 2 saturated heterocycles. The molecule has 47 heavy (non-hydrogen) atoms. The number of rotatable bonds is 5. The summed E-state index contributed by atoms with van der Waals surface area (Å²) in [6.45, 7) is 8.93. The molecule has 0 radical (unpaired) electrons. The van der Waals surface area contributed by atoms with Gasteiger partial charge < -0.3 is 10.2 Å². The third kappa shape index (κ3) is 8.61. The van der Waals surface area contributed by atoms with E-state index in [9.17, 15) is 14.7 Å². The van der Waals surface area contributed by atoms with Crippen LogP contribution in [-0.4, -0.2) is 68.2 Å². The molecule has 7 rings (SSSR count). The Kier molecular flexibility index (Phi) is 14.0. The molecule has 5 aliphatic carbocycles. The summed E-state index contributed by atoms with van der Waals surface area (Å²) in [5, 5.41) is 18.5. The van der Waals surface area contributed by atoms with Gasteiger partial charge in [0.25, 0.3) is 0 Å². The smallest absolute Gasteiger partial charge is 0.306 e. The van der Waals surface area contributed by atoms with Gasteiger partial charge in [0.05, 0.1) is 11.8 Å². The number of hydrogen-bond acceptors (Lipinski definition) is 4. The van der Waals surface area contributed by atoms with E-state index >= 15 is 0 Å². The van der Waals surface area contributed by atoms with Crippen LogP contribution in [0.1, 0.15) is 175 Å². The lowest BCUT2D eigenvalue weighted by atomic mass is 9.69. The first-order valence-corrected chi connectivity index (χ1v) is 20.8. The van der Waals surface area contributed by atoms with Gasteiger partial charge in [-0.15, -0.1) is 0 Å². The quantitative estimate of drug-likeness (QED) is 0.307. The lowest BCUT2D eigenvalue weighted by Gasteiger charge is -2.41. The van der Waals surface area contributed by atoms with E-state index in [-0.39, 0.29) is 11.8 Å². The van der Waals surface area contributed by atoms with Crippen LogP contribution in [-0.2, 0) is 9.59 Å². The minimum absolute atomic E-state index is 0.0749. The van der Waals surface area contributed by atoms with Gasteiger partial charge in [-0.3, -0.25) is 19.4 Å². The van der Waals surface area contributed by atoms with Crippen LogP contribution in [0.4, 0.5) is 0 Å². The first-order chi connectivity index (χ1) is 22.8. The van der Waals surface area contributed by atoms with E-state index in [2.05, 4.69) is 23.6 Å². The highest BCUT2D eigenvalue weighted by Gasteiger charge is 2.52. The second kappa shape index (κ2) is 17.7. The summed E-state index contributed by atoms with van der Waals surface area (Å²) in [5.41, 5.74) is 0. The number of carboxylic acids is 2. The minimum Gasteiger partial charge on any atom is -0.481 e. The van der Waals surface area contributed by atoms with Crippen molar-refractivity contribution in [3.05, 3.63) is 0 Å². The number of hydrogen-bond donors (Lipinski definition) is 2. The van der Waals surface area contributed by atoms with Crippen molar-refractivity contribution < 1.29 is 19.8 Å². The maximum atomic E-state index is 11.3. The molecular weight excluding hydrogens is 584 g/mol. The van der Waals surface area contributed by atoms with E-state index in [1.54, 1.807) is 0 Å². The average Bonchev–Trinajstić information content (AvgIpc) is 3.47. The Morgan fingerprint density at radius 3 is 1.51 bits per heavy atom. The maximum absolute atomic E-state index is 11.3. The van der Waals surface area contributed by atoms with Gasteiger partial charge in [-0.25, -0.2) is 0 Å². The molecule has 0 amide bonds. The molecule has 0 bridgehead atoms. The molecule has 2 N–H and O–H groups in total. The van der Waals surface area contributed by atoms with Crippen LogP contribution in [0.15, 0.2) is 0 Å². The molecule has 2 aliphatic heterocycles. The summed E-state index contributed by atoms with van der Waals surface area (Å²) < 4.78 is 0. The zero-order valence-electron chi connectivity index (χ0n) is 30.8. The van der Waals surface area contributed by atoms with Crippen molar-refractivity contribution in [2.45, 2.75) is 212 Å². The first kappa shape index (κ1) is 37.1. The van der Waals surface area contributed by atoms with Crippen LogP contribution in [0.3, 0.4) is 0 Å². The summed E-state index contributed by atoms with van der Waals surface area (Å²) in [7, 11) is 0. The van der Waals surface area contributed by atoms with Crippen molar-refractivity contribution in [3.63, 3.8) is 0 Å². The molecule has 6 nitrogen and oxygen atoms in total. The van der Waals surface area contributed by atoms with Crippen molar-refractivity contribution in [1.82, 2.24) is 9.80 Å². The van der Waals surface area contributed by atoms with Gasteiger partial charge in [0.1, 0.15) is 0 Å². The fraction of sp³-hybridized carbons (Fsp3) is 0.951. The van der Waals surface area contributed by atoms with Crippen LogP contribution in [0.25, 0.3) is 0 Å². The highest BCUT2D eigenvalue weighted by molar-refractivity contribution is 5.70. The lowest BCUT2D eigenvalue weighted by molar-refractivity contribution is -0.144. The highest BCUT2D eigenvalue weighted by atomic mass is 16.4. The Hall–Kier alpha value is -1.14. The molecule has 7 fully saturated rings. The molecular formula is C41H72N2O4. The van der Waals surface area contributed by atoms with Gasteiger partial charge in [0, 0.05) is 36.3 Å². The minimum atomic E-state index is -0.578. The summed E-state index contributed by atoms with van der Waals surface area (Å²) in [5.74, 6) is 2.44. The maximum Gasteiger partial charge on any atom is 0.306 e. The van der Waals surface area contributed by atoms with E-state index in [1.165, 1.54) is 96.3 Å². The average molecular weight is 657 g/mol. The van der Waals surface area contributed by atoms with Crippen molar-refractivity contribution >= 4 is 11.9 Å². The fourth-order valence-electron chi connectivity index (χ4n) is 12.5. The largest absolute Gasteiger partial charge is 0.481 e. The van der Waals surface area contributed by atoms with Crippen molar-refractivity contribution in [2.75, 3.05) is 0 Å². The zero-order chi connectivity index (χ0) is 33.5. The number of likely N-dealkylation sites (tertiary alicyclic amines) is 2. The van der Waals surface area contributed by atoms with Gasteiger partial charge in [-0.1, -0.05) is 78.1 Å². The monoisotopic (exact) mass is 657 g/mol. The molecule has 6 heteroatoms. The van der Waals surface area contributed by atoms with E-state index in [0.717, 1.165) is 99.2 Å². The summed E-state index contributed by atoms with van der Waals surface area (Å²) in [4.78, 5) is 28.2. The second-order valence-electron chi connectivity index (χ2n) is 16.9. The zero-order valence-corrected chi connectivity index (χ0v) is 30.8. The molecule has 5 saturated carbocycles. The standard InChI is InChI=1S/C22H37NO2.C17H29NO2.C2H6/c1-15-21(16-7-3-2-4-8-16)19-9-5-6-10-20(19)23(15)18-13-11-17(12-14-18)22(24)25;1-12-11-14-5-3-2-4-6-16(14)18(12)15-9-7-13(8-10-15)17(19)20;1-2/h15-21H,2-14H2,1H3,(H,24,25);12-16H,2-11H2,1H3,(H,19,20);1-2H3. The van der Waals surface area contributed by atoms with Crippen LogP contribution in [0, 0.1) is 35.5 Å². The van der Waals surface area contributed by atoms with Crippen molar-refractivity contribution in [1.29, 1.82) is 0 Å². The predicted octanol–water partition coefficient (Wildman–Crippen LogP) is 9.79. The molecule has 0 spiro atoms. The fourth-order valence-corrected chi connectivity index (χ4v) is 12.5. The Morgan fingerprint density at radius 2 is 0.957 bits per heavy atom. The van der Waals surface area contributed by atoms with E-state index in [4.69, 9.17) is 5.11 Å². The summed E-state index contributed by atoms with van der Waals surface area (Å²) in [6, 6.07) is 4.37. The van der Waals surface area contributed by atoms with Gasteiger partial charge in [0.15, 0.2) is 0 Å². The molecule has 0 aromatic carbocycles. The van der Waals surface area contributed by atoms with Crippen LogP contribution in [0.5, 0.6) is 0 Å². The Bertz CT molecular complexity index is 966. The second-order valence-corrected chi connectivity index (χ2v) is 16.9. The first-order valence-electron chi connectivity index (χ1n) is 20.8. The van der Waals surface area contributed by atoms with E-state index in [0.29, 0.717) is 12.1 Å². The van der Waals surface area contributed by atoms with Crippen molar-refractivity contribution in [3.8, 4) is 0 Å². The van der Waals surface area contributed by atoms with Crippen molar-refractivity contribution in [2.24, 2.45) is 35.5 Å². The van der Waals surface area contributed by atoms with E-state index < -0.39 is 11.9 Å². The van der Waals surface area contributed by atoms with Crippen LogP contribution < -0.4 is 0 Å². The van der Waals surface area contributed by atoms with E-state index in [1.807, 2.05) is 13.8 Å². The number of fused-ring (bicyclic) bond motifs is 2.